The number of carbonyl (C=O) groups is 1. The summed E-state index contributed by atoms with van der Waals surface area (Å²) < 4.78 is 7.44. The average Bonchev–Trinajstić information content (AvgIpc) is 3.28. The SMILES string of the molecule is CN1CCN(c2cccc(Nc3nc4c(OCNC(=O)c5ccccc5)cccn4n3)c2)CC1. The molecule has 2 aromatic heterocycles. The number of nitrogens with one attached hydrogen (secondary N) is 2. The number of pyridine rings is 1. The van der Waals surface area contributed by atoms with Crippen LogP contribution in [0.15, 0.2) is 72.9 Å². The largest absolute Gasteiger partial charge is 0.469 e. The molecule has 1 saturated heterocycles. The van der Waals surface area contributed by atoms with Gasteiger partial charge in [-0.3, -0.25) is 4.79 Å². The van der Waals surface area contributed by atoms with Crippen LogP contribution < -0.4 is 20.3 Å². The number of aromatic nitrogens is 3. The maximum Gasteiger partial charge on any atom is 0.253 e. The molecule has 9 nitrogen and oxygen atoms in total. The van der Waals surface area contributed by atoms with E-state index >= 15 is 0 Å². The van der Waals surface area contributed by atoms with Gasteiger partial charge in [-0.15, -0.1) is 5.10 Å². The number of anilines is 3. The predicted octanol–water partition coefficient (Wildman–Crippen LogP) is 2.99. The van der Waals surface area contributed by atoms with Crippen LogP contribution in [0.4, 0.5) is 17.3 Å². The van der Waals surface area contributed by atoms with E-state index < -0.39 is 0 Å². The fraction of sp³-hybridized carbons (Fsp3) is 0.240. The summed E-state index contributed by atoms with van der Waals surface area (Å²) in [4.78, 5) is 21.5. The van der Waals surface area contributed by atoms with Gasteiger partial charge in [-0.05, 0) is 49.5 Å². The van der Waals surface area contributed by atoms with Gasteiger partial charge in [0.25, 0.3) is 5.91 Å². The van der Waals surface area contributed by atoms with Crippen LogP contribution in [0, 0.1) is 0 Å². The van der Waals surface area contributed by atoms with E-state index in [0.717, 1.165) is 31.9 Å². The smallest absolute Gasteiger partial charge is 0.253 e. The number of likely N-dealkylation sites (N-methyl/N-ethyl adjacent to an activating group) is 1. The van der Waals surface area contributed by atoms with Crippen LogP contribution in [-0.2, 0) is 0 Å². The van der Waals surface area contributed by atoms with Gasteiger partial charge in [0.05, 0.1) is 0 Å². The Labute approximate surface area is 198 Å². The molecule has 3 heterocycles. The molecule has 1 fully saturated rings. The number of benzene rings is 2. The van der Waals surface area contributed by atoms with Crippen LogP contribution in [0.2, 0.25) is 0 Å². The first-order valence-electron chi connectivity index (χ1n) is 11.3. The molecule has 2 N–H and O–H groups in total. The van der Waals surface area contributed by atoms with Crippen LogP contribution in [0.25, 0.3) is 5.65 Å². The van der Waals surface area contributed by atoms with Gasteiger partial charge in [0.1, 0.15) is 0 Å². The third-order valence-electron chi connectivity index (χ3n) is 5.79. The van der Waals surface area contributed by atoms with E-state index in [2.05, 4.69) is 49.7 Å². The van der Waals surface area contributed by atoms with Gasteiger partial charge in [0, 0.05) is 49.3 Å². The Morgan fingerprint density at radius 3 is 2.65 bits per heavy atom. The molecule has 34 heavy (non-hydrogen) atoms. The summed E-state index contributed by atoms with van der Waals surface area (Å²) >= 11 is 0. The first-order chi connectivity index (χ1) is 16.7. The lowest BCUT2D eigenvalue weighted by Crippen LogP contribution is -2.44. The molecule has 0 aliphatic carbocycles. The van der Waals surface area contributed by atoms with Crippen molar-refractivity contribution < 1.29 is 9.53 Å². The standard InChI is InChI=1S/C25H27N7O2/c1-30-13-15-31(16-14-30)21-10-5-9-20(17-21)27-25-28-23-22(11-6-12-32(23)29-25)34-18-26-24(33)19-7-3-2-4-8-19/h2-12,17H,13-16,18H2,1H3,(H,26,33)(H,27,29). The molecule has 1 amide bonds. The van der Waals surface area contributed by atoms with Crippen molar-refractivity contribution in [2.45, 2.75) is 0 Å². The van der Waals surface area contributed by atoms with Crippen molar-refractivity contribution >= 4 is 28.9 Å². The number of amides is 1. The molecular weight excluding hydrogens is 430 g/mol. The second-order valence-electron chi connectivity index (χ2n) is 8.20. The van der Waals surface area contributed by atoms with E-state index in [0.29, 0.717) is 22.9 Å². The van der Waals surface area contributed by atoms with Crippen molar-refractivity contribution in [3.63, 3.8) is 0 Å². The number of hydrogen-bond acceptors (Lipinski definition) is 7. The molecule has 1 aliphatic heterocycles. The minimum absolute atomic E-state index is 0.0239. The van der Waals surface area contributed by atoms with Gasteiger partial charge in [-0.1, -0.05) is 24.3 Å². The minimum atomic E-state index is -0.198. The molecule has 1 aliphatic rings. The maximum absolute atomic E-state index is 12.2. The zero-order valence-electron chi connectivity index (χ0n) is 19.0. The van der Waals surface area contributed by atoms with Crippen molar-refractivity contribution in [2.24, 2.45) is 0 Å². The van der Waals surface area contributed by atoms with Crippen LogP contribution in [0.1, 0.15) is 10.4 Å². The Morgan fingerprint density at radius 2 is 1.82 bits per heavy atom. The predicted molar refractivity (Wildman–Crippen MR) is 132 cm³/mol. The van der Waals surface area contributed by atoms with Crippen molar-refractivity contribution in [3.8, 4) is 5.75 Å². The minimum Gasteiger partial charge on any atom is -0.469 e. The Balaban J connectivity index is 1.25. The van der Waals surface area contributed by atoms with Gasteiger partial charge < -0.3 is 25.2 Å². The highest BCUT2D eigenvalue weighted by Gasteiger charge is 2.15. The summed E-state index contributed by atoms with van der Waals surface area (Å²) in [5, 5.41) is 10.6. The number of piperazine rings is 1. The molecule has 5 rings (SSSR count). The quantitative estimate of drug-likeness (QED) is 0.413. The second kappa shape index (κ2) is 9.80. The highest BCUT2D eigenvalue weighted by molar-refractivity contribution is 5.94. The van der Waals surface area contributed by atoms with E-state index in [1.165, 1.54) is 5.69 Å². The number of rotatable bonds is 7. The molecule has 0 saturated carbocycles. The normalized spacial score (nSPS) is 14.2. The molecule has 174 valence electrons. The summed E-state index contributed by atoms with van der Waals surface area (Å²) in [6.07, 6.45) is 1.81. The van der Waals surface area contributed by atoms with E-state index in [4.69, 9.17) is 4.74 Å². The number of nitrogens with zero attached hydrogens (tertiary/aromatic N) is 5. The Hall–Kier alpha value is -4.11. The number of ether oxygens (including phenoxy) is 1. The molecule has 0 bridgehead atoms. The molecule has 2 aromatic carbocycles. The van der Waals surface area contributed by atoms with Crippen molar-refractivity contribution in [3.05, 3.63) is 78.5 Å². The molecular formula is C25H27N7O2. The van der Waals surface area contributed by atoms with E-state index in [-0.39, 0.29) is 12.6 Å². The summed E-state index contributed by atoms with van der Waals surface area (Å²) in [5.41, 5.74) is 3.25. The summed E-state index contributed by atoms with van der Waals surface area (Å²) in [6, 6.07) is 20.9. The van der Waals surface area contributed by atoms with Gasteiger partial charge in [0.15, 0.2) is 18.1 Å². The van der Waals surface area contributed by atoms with Gasteiger partial charge >= 0.3 is 0 Å². The Morgan fingerprint density at radius 1 is 1.00 bits per heavy atom. The average molecular weight is 458 g/mol. The topological polar surface area (TPSA) is 87.0 Å². The summed E-state index contributed by atoms with van der Waals surface area (Å²) in [6.45, 7) is 4.15. The van der Waals surface area contributed by atoms with Crippen molar-refractivity contribution in [1.82, 2.24) is 24.8 Å². The molecule has 0 spiro atoms. The molecule has 0 radical (unpaired) electrons. The Bertz CT molecular complexity index is 1270. The monoisotopic (exact) mass is 457 g/mol. The van der Waals surface area contributed by atoms with Gasteiger partial charge in [-0.2, -0.15) is 4.98 Å². The zero-order valence-corrected chi connectivity index (χ0v) is 19.0. The highest BCUT2D eigenvalue weighted by atomic mass is 16.5. The fourth-order valence-electron chi connectivity index (χ4n) is 3.89. The summed E-state index contributed by atoms with van der Waals surface area (Å²) in [5.74, 6) is 0.805. The first kappa shape index (κ1) is 21.7. The lowest BCUT2D eigenvalue weighted by Gasteiger charge is -2.34. The fourth-order valence-corrected chi connectivity index (χ4v) is 3.89. The molecule has 0 unspecified atom stereocenters. The van der Waals surface area contributed by atoms with E-state index in [1.807, 2.05) is 42.6 Å². The zero-order chi connectivity index (χ0) is 23.3. The Kier molecular flexibility index (Phi) is 6.26. The molecule has 0 atom stereocenters. The van der Waals surface area contributed by atoms with Crippen LogP contribution in [0.5, 0.6) is 5.75 Å². The second-order valence-corrected chi connectivity index (χ2v) is 8.20. The third kappa shape index (κ3) is 4.94. The molecule has 4 aromatic rings. The van der Waals surface area contributed by atoms with Crippen LogP contribution >= 0.6 is 0 Å². The van der Waals surface area contributed by atoms with Gasteiger partial charge in [0.2, 0.25) is 5.95 Å². The summed E-state index contributed by atoms with van der Waals surface area (Å²) in [7, 11) is 2.15. The number of carbonyl (C=O) groups excluding carboxylic acids is 1. The first-order valence-corrected chi connectivity index (χ1v) is 11.3. The molecule has 9 heteroatoms. The number of hydrogen-bond donors (Lipinski definition) is 2. The maximum atomic E-state index is 12.2. The van der Waals surface area contributed by atoms with E-state index in [1.54, 1.807) is 22.7 Å². The lowest BCUT2D eigenvalue weighted by atomic mass is 10.2. The third-order valence-corrected chi connectivity index (χ3v) is 5.79. The number of fused-ring (bicyclic) bond motifs is 1. The van der Waals surface area contributed by atoms with Crippen molar-refractivity contribution in [1.29, 1.82) is 0 Å². The van der Waals surface area contributed by atoms with Crippen LogP contribution in [-0.4, -0.2) is 65.4 Å². The van der Waals surface area contributed by atoms with Crippen molar-refractivity contribution in [2.75, 3.05) is 50.2 Å². The highest BCUT2D eigenvalue weighted by Crippen LogP contribution is 2.24. The lowest BCUT2D eigenvalue weighted by molar-refractivity contribution is 0.0919. The van der Waals surface area contributed by atoms with Crippen LogP contribution in [0.3, 0.4) is 0 Å². The van der Waals surface area contributed by atoms with E-state index in [9.17, 15) is 4.79 Å². The van der Waals surface area contributed by atoms with Gasteiger partial charge in [-0.25, -0.2) is 4.52 Å².